The van der Waals surface area contributed by atoms with Crippen molar-refractivity contribution in [2.75, 3.05) is 51.5 Å². The highest BCUT2D eigenvalue weighted by molar-refractivity contribution is 7.17. The first kappa shape index (κ1) is 35.9. The first-order chi connectivity index (χ1) is 27.1. The van der Waals surface area contributed by atoms with E-state index < -0.39 is 0 Å². The van der Waals surface area contributed by atoms with E-state index in [9.17, 15) is 0 Å². The summed E-state index contributed by atoms with van der Waals surface area (Å²) in [4.78, 5) is 6.85. The average Bonchev–Trinajstić information content (AvgIpc) is 3.65. The Morgan fingerprint density at radius 2 is 1.11 bits per heavy atom. The molecule has 2 aliphatic carbocycles. The molecular weight excluding hydrogens is 709 g/mol. The van der Waals surface area contributed by atoms with Gasteiger partial charge in [-0.25, -0.2) is 0 Å². The third kappa shape index (κ3) is 7.40. The zero-order valence-electron chi connectivity index (χ0n) is 31.5. The maximum atomic E-state index is 6.35. The molecule has 280 valence electrons. The molecule has 8 rings (SSSR count). The van der Waals surface area contributed by atoms with Crippen LogP contribution >= 0.6 is 11.3 Å². The minimum Gasteiger partial charge on any atom is -0.497 e. The molecule has 0 N–H and O–H groups in total. The molecule has 2 heterocycles. The van der Waals surface area contributed by atoms with Gasteiger partial charge in [-0.15, -0.1) is 11.3 Å². The number of rotatable bonds is 12. The zero-order valence-corrected chi connectivity index (χ0v) is 32.3. The van der Waals surface area contributed by atoms with Crippen molar-refractivity contribution in [3.63, 3.8) is 0 Å². The second kappa shape index (κ2) is 16.1. The van der Waals surface area contributed by atoms with Gasteiger partial charge in [0.15, 0.2) is 11.5 Å². The van der Waals surface area contributed by atoms with Gasteiger partial charge in [0, 0.05) is 28.4 Å². The Morgan fingerprint density at radius 3 is 1.58 bits per heavy atom. The smallest absolute Gasteiger partial charge is 0.180 e. The zero-order chi connectivity index (χ0) is 37.7. The fourth-order valence-corrected chi connectivity index (χ4v) is 8.53. The summed E-state index contributed by atoms with van der Waals surface area (Å²) in [5.74, 6) is 5.02. The third-order valence-corrected chi connectivity index (χ3v) is 11.4. The van der Waals surface area contributed by atoms with Crippen LogP contribution < -0.4 is 33.5 Å². The largest absolute Gasteiger partial charge is 0.497 e. The van der Waals surface area contributed by atoms with Gasteiger partial charge in [0.05, 0.1) is 44.2 Å². The highest BCUT2D eigenvalue weighted by atomic mass is 32.1. The molecule has 1 atom stereocenters. The number of allylic oxidation sites excluding steroid dienone is 5. The van der Waals surface area contributed by atoms with Gasteiger partial charge in [-0.05, 0) is 134 Å². The van der Waals surface area contributed by atoms with E-state index in [1.807, 2.05) is 42.5 Å². The summed E-state index contributed by atoms with van der Waals surface area (Å²) in [5, 5.41) is 0. The van der Waals surface area contributed by atoms with Crippen LogP contribution in [0.15, 0.2) is 139 Å². The minimum atomic E-state index is 0.123. The Bertz CT molecular complexity index is 2190. The van der Waals surface area contributed by atoms with Crippen molar-refractivity contribution in [3.8, 4) is 39.2 Å². The summed E-state index contributed by atoms with van der Waals surface area (Å²) >= 11 is 1.74. The van der Waals surface area contributed by atoms with E-state index in [4.69, 9.17) is 28.4 Å². The number of fused-ring (bicyclic) bond motifs is 1. The van der Waals surface area contributed by atoms with Gasteiger partial charge in [0.25, 0.3) is 0 Å². The summed E-state index contributed by atoms with van der Waals surface area (Å²) in [6.45, 7) is 1.05. The maximum Gasteiger partial charge on any atom is 0.180 e. The maximum absolute atomic E-state index is 6.35. The summed E-state index contributed by atoms with van der Waals surface area (Å²) in [7, 11) is 6.78. The number of nitrogens with zero attached hydrogens (tertiary/aromatic N) is 2. The van der Waals surface area contributed by atoms with E-state index >= 15 is 0 Å². The van der Waals surface area contributed by atoms with Gasteiger partial charge in [0.1, 0.15) is 36.2 Å². The lowest BCUT2D eigenvalue weighted by Crippen LogP contribution is -2.30. The van der Waals surface area contributed by atoms with E-state index in [-0.39, 0.29) is 6.04 Å². The number of benzene rings is 4. The number of anilines is 4. The van der Waals surface area contributed by atoms with Crippen molar-refractivity contribution in [2.24, 2.45) is 0 Å². The molecule has 9 heteroatoms. The predicted molar refractivity (Wildman–Crippen MR) is 222 cm³/mol. The van der Waals surface area contributed by atoms with Crippen LogP contribution in [0.1, 0.15) is 24.1 Å². The molecule has 5 aromatic rings. The quantitative estimate of drug-likeness (QED) is 0.125. The van der Waals surface area contributed by atoms with Crippen molar-refractivity contribution in [1.82, 2.24) is 0 Å². The number of hydrogen-bond donors (Lipinski definition) is 0. The van der Waals surface area contributed by atoms with Crippen molar-refractivity contribution in [2.45, 2.75) is 25.3 Å². The van der Waals surface area contributed by atoms with Crippen LogP contribution in [-0.2, 0) is 4.74 Å². The van der Waals surface area contributed by atoms with Crippen molar-refractivity contribution >= 4 is 39.7 Å². The molecule has 0 saturated carbocycles. The van der Waals surface area contributed by atoms with Gasteiger partial charge < -0.3 is 38.2 Å². The van der Waals surface area contributed by atoms with Crippen LogP contribution in [0, 0.1) is 0 Å². The topological polar surface area (TPSA) is 61.9 Å². The molecule has 1 unspecified atom stereocenters. The summed E-state index contributed by atoms with van der Waals surface area (Å²) < 4.78 is 34.5. The molecule has 55 heavy (non-hydrogen) atoms. The van der Waals surface area contributed by atoms with E-state index in [1.165, 1.54) is 11.3 Å². The SMILES string of the molecule is COC1=CCC(N(c2ccc(OC)cc2)c2ccc(-c3sc(C4=CC=C(N(c5ccc(OC)cc5)c5ccc(OC)cc5)CC4)c4c3OCCO4)cc2)C=C1. The Hall–Kier alpha value is -6.06. The molecule has 1 aromatic heterocycles. The number of methoxy groups -OCH3 is 4. The summed E-state index contributed by atoms with van der Waals surface area (Å²) in [6, 6.07) is 33.5. The first-order valence-corrected chi connectivity index (χ1v) is 19.2. The molecule has 0 saturated heterocycles. The second-order valence-electron chi connectivity index (χ2n) is 13.3. The molecule has 0 fully saturated rings. The van der Waals surface area contributed by atoms with Crippen molar-refractivity contribution in [1.29, 1.82) is 0 Å². The van der Waals surface area contributed by atoms with Crippen LogP contribution in [0.3, 0.4) is 0 Å². The molecule has 4 aromatic carbocycles. The van der Waals surface area contributed by atoms with Crippen LogP contribution in [0.4, 0.5) is 22.7 Å². The monoisotopic (exact) mass is 752 g/mol. The lowest BCUT2D eigenvalue weighted by molar-refractivity contribution is 0.173. The highest BCUT2D eigenvalue weighted by Crippen LogP contribution is 2.53. The Labute approximate surface area is 326 Å². The fraction of sp³-hybridized carbons (Fsp3) is 0.217. The number of hydrogen-bond acceptors (Lipinski definition) is 9. The fourth-order valence-electron chi connectivity index (χ4n) is 7.28. The van der Waals surface area contributed by atoms with Gasteiger partial charge in [-0.1, -0.05) is 24.3 Å². The summed E-state index contributed by atoms with van der Waals surface area (Å²) in [5.41, 5.74) is 7.82. The van der Waals surface area contributed by atoms with Gasteiger partial charge >= 0.3 is 0 Å². The van der Waals surface area contributed by atoms with E-state index in [0.29, 0.717) is 13.2 Å². The Balaban J connectivity index is 1.11. The molecule has 8 nitrogen and oxygen atoms in total. The van der Waals surface area contributed by atoms with Crippen LogP contribution in [0.25, 0.3) is 16.0 Å². The van der Waals surface area contributed by atoms with Crippen molar-refractivity contribution < 1.29 is 28.4 Å². The van der Waals surface area contributed by atoms with Gasteiger partial charge in [-0.2, -0.15) is 0 Å². The molecule has 0 amide bonds. The van der Waals surface area contributed by atoms with Crippen LogP contribution in [0.2, 0.25) is 0 Å². The average molecular weight is 753 g/mol. The molecular formula is C46H44N2O6S. The standard InChI is InChI=1S/C46H44N2O6S/c1-49-39-21-13-35(14-22-39)47(36-15-23-40(50-2)24-16-36)33-9-5-31(6-10-33)45-43-44(54-30-29-53-43)46(55-45)32-7-11-34(12-8-32)48(37-17-25-41(51-3)26-18-37)38-19-27-42(52-4)28-20-38/h5-7,9-11,13-15,17-28,36H,8,12,16,29-30H2,1-4H3. The van der Waals surface area contributed by atoms with Crippen LogP contribution in [-0.4, -0.2) is 47.7 Å². The van der Waals surface area contributed by atoms with Gasteiger partial charge in [-0.3, -0.25) is 0 Å². The van der Waals surface area contributed by atoms with E-state index in [1.54, 1.807) is 39.8 Å². The number of thiophene rings is 1. The molecule has 0 spiro atoms. The first-order valence-electron chi connectivity index (χ1n) is 18.4. The molecule has 3 aliphatic rings. The Kier molecular flexibility index (Phi) is 10.5. The lowest BCUT2D eigenvalue weighted by atomic mass is 9.98. The van der Waals surface area contributed by atoms with E-state index in [0.717, 1.165) is 91.8 Å². The van der Waals surface area contributed by atoms with Gasteiger partial charge in [0.2, 0.25) is 0 Å². The highest BCUT2D eigenvalue weighted by Gasteiger charge is 2.29. The third-order valence-electron chi connectivity index (χ3n) is 10.1. The minimum absolute atomic E-state index is 0.123. The Morgan fingerprint density at radius 1 is 0.582 bits per heavy atom. The van der Waals surface area contributed by atoms with Crippen LogP contribution in [0.5, 0.6) is 28.7 Å². The predicted octanol–water partition coefficient (Wildman–Crippen LogP) is 11.1. The number of ether oxygens (including phenoxy) is 6. The lowest BCUT2D eigenvalue weighted by Gasteiger charge is -2.33. The normalized spacial score (nSPS) is 16.0. The summed E-state index contributed by atoms with van der Waals surface area (Å²) in [6.07, 6.45) is 13.4. The second-order valence-corrected chi connectivity index (χ2v) is 14.3. The molecule has 1 aliphatic heterocycles. The van der Waals surface area contributed by atoms with Crippen molar-refractivity contribution in [3.05, 3.63) is 144 Å². The van der Waals surface area contributed by atoms with E-state index in [2.05, 4.69) is 94.8 Å². The molecule has 0 bridgehead atoms. The molecule has 0 radical (unpaired) electrons.